The number of hydrogen-bond donors (Lipinski definition) is 0. The van der Waals surface area contributed by atoms with E-state index in [4.69, 9.17) is 0 Å². The monoisotopic (exact) mass is 291 g/mol. The molecule has 0 unspecified atom stereocenters. The number of aryl methyl sites for hydroxylation is 1. The first-order valence-electron chi connectivity index (χ1n) is 6.58. The molecule has 0 N–H and O–H groups in total. The lowest BCUT2D eigenvalue weighted by atomic mass is 10.1. The van der Waals surface area contributed by atoms with Gasteiger partial charge in [0.1, 0.15) is 5.82 Å². The third-order valence-corrected chi connectivity index (χ3v) is 4.07. The fourth-order valence-corrected chi connectivity index (χ4v) is 2.78. The molecule has 0 aliphatic heterocycles. The van der Waals surface area contributed by atoms with Gasteiger partial charge in [-0.3, -0.25) is 4.79 Å². The van der Waals surface area contributed by atoms with E-state index in [9.17, 15) is 9.18 Å². The molecular weight excluding hydrogens is 273 g/mol. The maximum atomic E-state index is 13.2. The normalized spacial score (nSPS) is 10.8. The number of thiophene rings is 1. The van der Waals surface area contributed by atoms with Crippen LogP contribution in [0, 0.1) is 12.7 Å². The van der Waals surface area contributed by atoms with E-state index in [2.05, 4.69) is 0 Å². The van der Waals surface area contributed by atoms with E-state index < -0.39 is 0 Å². The molecule has 0 aliphatic rings. The van der Waals surface area contributed by atoms with Crippen LogP contribution in [0.2, 0.25) is 0 Å². The second kappa shape index (κ2) is 6.18. The molecule has 0 fully saturated rings. The minimum Gasteiger partial charge on any atom is -0.331 e. The van der Waals surface area contributed by atoms with E-state index in [0.717, 1.165) is 4.88 Å². The Morgan fingerprint density at radius 3 is 2.65 bits per heavy atom. The van der Waals surface area contributed by atoms with Crippen LogP contribution >= 0.6 is 11.3 Å². The Balaban J connectivity index is 2.27. The Labute approximate surface area is 122 Å². The van der Waals surface area contributed by atoms with E-state index in [1.54, 1.807) is 24.3 Å². The quantitative estimate of drug-likeness (QED) is 0.825. The highest BCUT2D eigenvalue weighted by molar-refractivity contribution is 7.09. The molecule has 0 bridgehead atoms. The Morgan fingerprint density at radius 2 is 2.10 bits per heavy atom. The molecule has 1 heterocycles. The highest BCUT2D eigenvalue weighted by atomic mass is 32.1. The lowest BCUT2D eigenvalue weighted by Crippen LogP contribution is -2.36. The molecule has 0 saturated heterocycles. The minimum atomic E-state index is -0.312. The standard InChI is InChI=1S/C16H18FNOS/c1-11(2)18(10-14-5-4-8-20-14)16(19)15-7-6-13(17)9-12(15)3/h4-9,11H,10H2,1-3H3. The van der Waals surface area contributed by atoms with Gasteiger partial charge in [-0.15, -0.1) is 11.3 Å². The van der Waals surface area contributed by atoms with Gasteiger partial charge in [-0.25, -0.2) is 4.39 Å². The van der Waals surface area contributed by atoms with Crippen molar-refractivity contribution in [2.45, 2.75) is 33.4 Å². The second-order valence-corrected chi connectivity index (χ2v) is 6.10. The molecular formula is C16H18FNOS. The van der Waals surface area contributed by atoms with Gasteiger partial charge in [0.25, 0.3) is 5.91 Å². The predicted octanol–water partition coefficient (Wildman–Crippen LogP) is 4.25. The Kier molecular flexibility index (Phi) is 4.55. The second-order valence-electron chi connectivity index (χ2n) is 5.07. The van der Waals surface area contributed by atoms with Crippen LogP contribution in [0.4, 0.5) is 4.39 Å². The zero-order chi connectivity index (χ0) is 14.7. The average molecular weight is 291 g/mol. The zero-order valence-corrected chi connectivity index (χ0v) is 12.7. The van der Waals surface area contributed by atoms with Gasteiger partial charge in [0.2, 0.25) is 0 Å². The average Bonchev–Trinajstić information content (AvgIpc) is 2.87. The van der Waals surface area contributed by atoms with Crippen molar-refractivity contribution < 1.29 is 9.18 Å². The SMILES string of the molecule is Cc1cc(F)ccc1C(=O)N(Cc1cccs1)C(C)C. The molecule has 0 spiro atoms. The van der Waals surface area contributed by atoms with Crippen LogP contribution in [0.1, 0.15) is 34.6 Å². The van der Waals surface area contributed by atoms with Crippen LogP contribution in [0.15, 0.2) is 35.7 Å². The third-order valence-electron chi connectivity index (χ3n) is 3.21. The topological polar surface area (TPSA) is 20.3 Å². The summed E-state index contributed by atoms with van der Waals surface area (Å²) >= 11 is 1.63. The Hall–Kier alpha value is -1.68. The molecule has 106 valence electrons. The molecule has 0 radical (unpaired) electrons. The fourth-order valence-electron chi connectivity index (χ4n) is 2.08. The summed E-state index contributed by atoms with van der Waals surface area (Å²) < 4.78 is 13.2. The van der Waals surface area contributed by atoms with Crippen molar-refractivity contribution in [3.63, 3.8) is 0 Å². The van der Waals surface area contributed by atoms with E-state index >= 15 is 0 Å². The smallest absolute Gasteiger partial charge is 0.254 e. The summed E-state index contributed by atoms with van der Waals surface area (Å²) in [6.07, 6.45) is 0. The third kappa shape index (κ3) is 3.25. The lowest BCUT2D eigenvalue weighted by molar-refractivity contribution is 0.0691. The molecule has 2 rings (SSSR count). The Morgan fingerprint density at radius 1 is 1.35 bits per heavy atom. The van der Waals surface area contributed by atoms with Gasteiger partial charge in [-0.2, -0.15) is 0 Å². The summed E-state index contributed by atoms with van der Waals surface area (Å²) in [7, 11) is 0. The van der Waals surface area contributed by atoms with Crippen molar-refractivity contribution in [3.05, 3.63) is 57.5 Å². The van der Waals surface area contributed by atoms with Crippen molar-refractivity contribution in [1.29, 1.82) is 0 Å². The summed E-state index contributed by atoms with van der Waals surface area (Å²) in [5.41, 5.74) is 1.24. The number of benzene rings is 1. The van der Waals surface area contributed by atoms with Crippen LogP contribution in [0.25, 0.3) is 0 Å². The molecule has 1 aromatic heterocycles. The van der Waals surface area contributed by atoms with Crippen LogP contribution in [-0.2, 0) is 6.54 Å². The summed E-state index contributed by atoms with van der Waals surface area (Å²) in [5, 5.41) is 2.00. The van der Waals surface area contributed by atoms with Gasteiger partial charge in [0, 0.05) is 16.5 Å². The molecule has 1 aromatic carbocycles. The maximum Gasteiger partial charge on any atom is 0.254 e. The van der Waals surface area contributed by atoms with Crippen molar-refractivity contribution >= 4 is 17.2 Å². The van der Waals surface area contributed by atoms with Crippen molar-refractivity contribution in [2.24, 2.45) is 0 Å². The first-order chi connectivity index (χ1) is 9.49. The van der Waals surface area contributed by atoms with Crippen LogP contribution in [0.5, 0.6) is 0 Å². The highest BCUT2D eigenvalue weighted by Gasteiger charge is 2.21. The largest absolute Gasteiger partial charge is 0.331 e. The number of carbonyl (C=O) groups excluding carboxylic acids is 1. The first kappa shape index (κ1) is 14.7. The van der Waals surface area contributed by atoms with E-state index in [-0.39, 0.29) is 17.8 Å². The molecule has 0 atom stereocenters. The maximum absolute atomic E-state index is 13.2. The first-order valence-corrected chi connectivity index (χ1v) is 7.46. The van der Waals surface area contributed by atoms with Gasteiger partial charge in [0.05, 0.1) is 6.54 Å². The Bertz CT molecular complexity index is 593. The number of rotatable bonds is 4. The van der Waals surface area contributed by atoms with Gasteiger partial charge in [-0.1, -0.05) is 6.07 Å². The van der Waals surface area contributed by atoms with E-state index in [1.807, 2.05) is 36.3 Å². The number of amides is 1. The predicted molar refractivity (Wildman–Crippen MR) is 80.5 cm³/mol. The molecule has 0 aliphatic carbocycles. The van der Waals surface area contributed by atoms with Crippen LogP contribution in [0.3, 0.4) is 0 Å². The van der Waals surface area contributed by atoms with Gasteiger partial charge in [0.15, 0.2) is 0 Å². The van der Waals surface area contributed by atoms with Crippen molar-refractivity contribution in [3.8, 4) is 0 Å². The van der Waals surface area contributed by atoms with Crippen LogP contribution in [-0.4, -0.2) is 16.8 Å². The highest BCUT2D eigenvalue weighted by Crippen LogP contribution is 2.19. The summed E-state index contributed by atoms with van der Waals surface area (Å²) in [5.74, 6) is -0.362. The molecule has 2 aromatic rings. The number of carbonyl (C=O) groups is 1. The molecule has 1 amide bonds. The zero-order valence-electron chi connectivity index (χ0n) is 11.9. The van der Waals surface area contributed by atoms with Crippen LogP contribution < -0.4 is 0 Å². The molecule has 20 heavy (non-hydrogen) atoms. The fraction of sp³-hybridized carbons (Fsp3) is 0.312. The minimum absolute atomic E-state index is 0.0501. The van der Waals surface area contributed by atoms with Gasteiger partial charge >= 0.3 is 0 Å². The van der Waals surface area contributed by atoms with Crippen molar-refractivity contribution in [2.75, 3.05) is 0 Å². The summed E-state index contributed by atoms with van der Waals surface area (Å²) in [4.78, 5) is 15.6. The molecule has 2 nitrogen and oxygen atoms in total. The van der Waals surface area contributed by atoms with Gasteiger partial charge in [-0.05, 0) is 56.0 Å². The number of halogens is 1. The molecule has 4 heteroatoms. The summed E-state index contributed by atoms with van der Waals surface area (Å²) in [6, 6.07) is 8.39. The summed E-state index contributed by atoms with van der Waals surface area (Å²) in [6.45, 7) is 6.33. The number of nitrogens with zero attached hydrogens (tertiary/aromatic N) is 1. The van der Waals surface area contributed by atoms with Gasteiger partial charge < -0.3 is 4.90 Å². The van der Waals surface area contributed by atoms with E-state index in [1.165, 1.54) is 12.1 Å². The number of hydrogen-bond acceptors (Lipinski definition) is 2. The molecule has 0 saturated carbocycles. The lowest BCUT2D eigenvalue weighted by Gasteiger charge is -2.27. The van der Waals surface area contributed by atoms with E-state index in [0.29, 0.717) is 17.7 Å². The van der Waals surface area contributed by atoms with Crippen molar-refractivity contribution in [1.82, 2.24) is 4.90 Å².